The standard InChI is InChI=1S/C14H28N2O3/c1-11(2)9-12(17)10-16-14(18)15-7-6-13-5-3-4-8-19-13/h11-13,17H,3-10H2,1-2H3,(H2,15,16,18). The van der Waals surface area contributed by atoms with E-state index in [9.17, 15) is 9.90 Å². The molecule has 19 heavy (non-hydrogen) atoms. The van der Waals surface area contributed by atoms with E-state index >= 15 is 0 Å². The summed E-state index contributed by atoms with van der Waals surface area (Å²) in [5.74, 6) is 0.434. The van der Waals surface area contributed by atoms with Crippen LogP contribution in [0.3, 0.4) is 0 Å². The van der Waals surface area contributed by atoms with Crippen molar-refractivity contribution in [2.24, 2.45) is 5.92 Å². The van der Waals surface area contributed by atoms with E-state index in [2.05, 4.69) is 10.6 Å². The first-order chi connectivity index (χ1) is 9.08. The fraction of sp³-hybridized carbons (Fsp3) is 0.929. The lowest BCUT2D eigenvalue weighted by atomic mass is 10.1. The number of ether oxygens (including phenoxy) is 1. The molecule has 0 aromatic rings. The molecule has 1 aliphatic rings. The number of nitrogens with one attached hydrogen (secondary N) is 2. The van der Waals surface area contributed by atoms with E-state index in [1.54, 1.807) is 0 Å². The number of rotatable bonds is 7. The monoisotopic (exact) mass is 272 g/mol. The van der Waals surface area contributed by atoms with Crippen molar-refractivity contribution in [2.75, 3.05) is 19.7 Å². The molecule has 2 atom stereocenters. The minimum atomic E-state index is -0.465. The second-order valence-corrected chi connectivity index (χ2v) is 5.70. The van der Waals surface area contributed by atoms with Gasteiger partial charge in [-0.2, -0.15) is 0 Å². The molecule has 0 aromatic carbocycles. The molecule has 3 N–H and O–H groups in total. The smallest absolute Gasteiger partial charge is 0.314 e. The average molecular weight is 272 g/mol. The topological polar surface area (TPSA) is 70.6 Å². The molecule has 2 unspecified atom stereocenters. The van der Waals surface area contributed by atoms with Gasteiger partial charge in [0.15, 0.2) is 0 Å². The summed E-state index contributed by atoms with van der Waals surface area (Å²) in [4.78, 5) is 11.5. The lowest BCUT2D eigenvalue weighted by molar-refractivity contribution is 0.0120. The van der Waals surface area contributed by atoms with Crippen molar-refractivity contribution < 1.29 is 14.6 Å². The molecule has 5 heteroatoms. The third kappa shape index (κ3) is 8.06. The summed E-state index contributed by atoms with van der Waals surface area (Å²) in [6, 6.07) is -0.210. The molecule has 1 saturated heterocycles. The Hall–Kier alpha value is -0.810. The largest absolute Gasteiger partial charge is 0.391 e. The first kappa shape index (κ1) is 16.2. The van der Waals surface area contributed by atoms with Gasteiger partial charge in [-0.25, -0.2) is 4.79 Å². The summed E-state index contributed by atoms with van der Waals surface area (Å²) in [7, 11) is 0. The lowest BCUT2D eigenvalue weighted by Gasteiger charge is -2.22. The predicted octanol–water partition coefficient (Wildman–Crippen LogP) is 1.65. The number of hydrogen-bond acceptors (Lipinski definition) is 3. The molecule has 0 radical (unpaired) electrons. The van der Waals surface area contributed by atoms with Gasteiger partial charge in [-0.3, -0.25) is 0 Å². The average Bonchev–Trinajstić information content (AvgIpc) is 2.37. The molecule has 2 amide bonds. The Morgan fingerprint density at radius 3 is 2.79 bits per heavy atom. The van der Waals surface area contributed by atoms with Crippen molar-refractivity contribution in [1.29, 1.82) is 0 Å². The molecule has 0 saturated carbocycles. The van der Waals surface area contributed by atoms with Crippen LogP contribution in [0.2, 0.25) is 0 Å². The summed E-state index contributed by atoms with van der Waals surface area (Å²) in [6.45, 7) is 5.87. The Morgan fingerprint density at radius 2 is 2.16 bits per heavy atom. The van der Waals surface area contributed by atoms with Crippen LogP contribution in [0.15, 0.2) is 0 Å². The highest BCUT2D eigenvalue weighted by Crippen LogP contribution is 2.14. The van der Waals surface area contributed by atoms with Gasteiger partial charge in [-0.05, 0) is 38.0 Å². The van der Waals surface area contributed by atoms with Gasteiger partial charge in [0.2, 0.25) is 0 Å². The predicted molar refractivity (Wildman–Crippen MR) is 75.1 cm³/mol. The van der Waals surface area contributed by atoms with E-state index in [0.717, 1.165) is 25.9 Å². The molecular formula is C14H28N2O3. The Balaban J connectivity index is 2.01. The molecule has 0 aromatic heterocycles. The van der Waals surface area contributed by atoms with Crippen LogP contribution >= 0.6 is 0 Å². The fourth-order valence-electron chi connectivity index (χ4n) is 2.28. The lowest BCUT2D eigenvalue weighted by Crippen LogP contribution is -2.41. The molecule has 0 bridgehead atoms. The van der Waals surface area contributed by atoms with Crippen LogP contribution in [-0.4, -0.2) is 43.0 Å². The number of carbonyl (C=O) groups is 1. The molecule has 0 aliphatic carbocycles. The van der Waals surface area contributed by atoms with Gasteiger partial charge in [-0.15, -0.1) is 0 Å². The van der Waals surface area contributed by atoms with Crippen molar-refractivity contribution in [1.82, 2.24) is 10.6 Å². The maximum atomic E-state index is 11.5. The van der Waals surface area contributed by atoms with Gasteiger partial charge in [0.1, 0.15) is 0 Å². The molecule has 112 valence electrons. The Kier molecular flexibility index (Phi) is 7.82. The Labute approximate surface area is 116 Å². The van der Waals surface area contributed by atoms with Crippen LogP contribution in [0.1, 0.15) is 46.0 Å². The van der Waals surface area contributed by atoms with Crippen molar-refractivity contribution in [3.05, 3.63) is 0 Å². The number of aliphatic hydroxyl groups excluding tert-OH is 1. The second kappa shape index (κ2) is 9.15. The third-order valence-electron chi connectivity index (χ3n) is 3.27. The van der Waals surface area contributed by atoms with E-state index < -0.39 is 6.10 Å². The van der Waals surface area contributed by atoms with Crippen molar-refractivity contribution >= 4 is 6.03 Å². The van der Waals surface area contributed by atoms with Crippen LogP contribution < -0.4 is 10.6 Å². The maximum Gasteiger partial charge on any atom is 0.314 e. The van der Waals surface area contributed by atoms with Gasteiger partial charge in [-0.1, -0.05) is 13.8 Å². The second-order valence-electron chi connectivity index (χ2n) is 5.70. The molecule has 1 fully saturated rings. The van der Waals surface area contributed by atoms with Crippen LogP contribution in [0.4, 0.5) is 4.79 Å². The summed E-state index contributed by atoms with van der Waals surface area (Å²) in [6.07, 6.45) is 4.86. The zero-order valence-corrected chi connectivity index (χ0v) is 12.2. The Morgan fingerprint density at radius 1 is 1.37 bits per heavy atom. The quantitative estimate of drug-likeness (QED) is 0.660. The first-order valence-corrected chi connectivity index (χ1v) is 7.39. The highest BCUT2D eigenvalue weighted by Gasteiger charge is 2.14. The van der Waals surface area contributed by atoms with Crippen molar-refractivity contribution in [2.45, 2.75) is 58.2 Å². The van der Waals surface area contributed by atoms with Gasteiger partial charge in [0, 0.05) is 19.7 Å². The zero-order valence-electron chi connectivity index (χ0n) is 12.2. The summed E-state index contributed by atoms with van der Waals surface area (Å²) in [5.41, 5.74) is 0. The zero-order chi connectivity index (χ0) is 14.1. The summed E-state index contributed by atoms with van der Waals surface area (Å²) in [5, 5.41) is 15.1. The minimum Gasteiger partial charge on any atom is -0.391 e. The highest BCUT2D eigenvalue weighted by molar-refractivity contribution is 5.73. The van der Waals surface area contributed by atoms with E-state index in [1.165, 1.54) is 6.42 Å². The maximum absolute atomic E-state index is 11.5. The van der Waals surface area contributed by atoms with Crippen molar-refractivity contribution in [3.63, 3.8) is 0 Å². The van der Waals surface area contributed by atoms with Crippen LogP contribution in [0.5, 0.6) is 0 Å². The fourth-order valence-corrected chi connectivity index (χ4v) is 2.28. The Bertz CT molecular complexity index is 253. The van der Waals surface area contributed by atoms with E-state index in [-0.39, 0.29) is 6.03 Å². The first-order valence-electron chi connectivity index (χ1n) is 7.39. The molecular weight excluding hydrogens is 244 g/mol. The molecule has 1 heterocycles. The number of hydrogen-bond donors (Lipinski definition) is 3. The van der Waals surface area contributed by atoms with E-state index in [0.29, 0.717) is 31.5 Å². The number of urea groups is 1. The number of aliphatic hydroxyl groups is 1. The van der Waals surface area contributed by atoms with Crippen molar-refractivity contribution in [3.8, 4) is 0 Å². The van der Waals surface area contributed by atoms with Crippen LogP contribution in [0, 0.1) is 5.92 Å². The highest BCUT2D eigenvalue weighted by atomic mass is 16.5. The molecule has 5 nitrogen and oxygen atoms in total. The molecule has 0 spiro atoms. The van der Waals surface area contributed by atoms with E-state index in [1.807, 2.05) is 13.8 Å². The van der Waals surface area contributed by atoms with Gasteiger partial charge in [0.25, 0.3) is 0 Å². The molecule has 1 aliphatic heterocycles. The summed E-state index contributed by atoms with van der Waals surface area (Å²) < 4.78 is 5.59. The van der Waals surface area contributed by atoms with Gasteiger partial charge < -0.3 is 20.5 Å². The minimum absolute atomic E-state index is 0.210. The third-order valence-corrected chi connectivity index (χ3v) is 3.27. The van der Waals surface area contributed by atoms with E-state index in [4.69, 9.17) is 4.74 Å². The number of amides is 2. The summed E-state index contributed by atoms with van der Waals surface area (Å²) >= 11 is 0. The normalized spacial score (nSPS) is 21.2. The van der Waals surface area contributed by atoms with Gasteiger partial charge >= 0.3 is 6.03 Å². The van der Waals surface area contributed by atoms with Gasteiger partial charge in [0.05, 0.1) is 12.2 Å². The SMILES string of the molecule is CC(C)CC(O)CNC(=O)NCCC1CCCCO1. The number of carbonyl (C=O) groups excluding carboxylic acids is 1. The molecule has 1 rings (SSSR count). The van der Waals surface area contributed by atoms with Crippen LogP contribution in [0.25, 0.3) is 0 Å². The van der Waals surface area contributed by atoms with Crippen LogP contribution in [-0.2, 0) is 4.74 Å².